The molecule has 1 aromatic heterocycles. The SMILES string of the molecule is FC(F)(F)Oc1ccc(-c2ccc3c(c2)-c2nccn2CCO3)cc1. The van der Waals surface area contributed by atoms with E-state index in [9.17, 15) is 13.2 Å². The summed E-state index contributed by atoms with van der Waals surface area (Å²) in [7, 11) is 0. The molecule has 0 saturated carbocycles. The maximum atomic E-state index is 12.3. The van der Waals surface area contributed by atoms with Gasteiger partial charge in [0.05, 0.1) is 12.1 Å². The highest BCUT2D eigenvalue weighted by Crippen LogP contribution is 2.35. The van der Waals surface area contributed by atoms with E-state index in [0.717, 1.165) is 28.3 Å². The highest BCUT2D eigenvalue weighted by Gasteiger charge is 2.31. The monoisotopic (exact) mass is 346 g/mol. The van der Waals surface area contributed by atoms with Crippen molar-refractivity contribution in [3.63, 3.8) is 0 Å². The van der Waals surface area contributed by atoms with Crippen molar-refractivity contribution >= 4 is 0 Å². The van der Waals surface area contributed by atoms with Gasteiger partial charge in [-0.2, -0.15) is 0 Å². The first-order chi connectivity index (χ1) is 12.0. The molecule has 0 bridgehead atoms. The molecule has 7 heteroatoms. The fraction of sp³-hybridized carbons (Fsp3) is 0.167. The third-order valence-corrected chi connectivity index (χ3v) is 3.95. The summed E-state index contributed by atoms with van der Waals surface area (Å²) in [6.07, 6.45) is -1.07. The number of hydrogen-bond acceptors (Lipinski definition) is 3. The molecule has 0 N–H and O–H groups in total. The summed E-state index contributed by atoms with van der Waals surface area (Å²) in [6, 6.07) is 11.4. The largest absolute Gasteiger partial charge is 0.573 e. The molecule has 0 amide bonds. The van der Waals surface area contributed by atoms with Gasteiger partial charge >= 0.3 is 6.36 Å². The number of halogens is 3. The summed E-state index contributed by atoms with van der Waals surface area (Å²) >= 11 is 0. The van der Waals surface area contributed by atoms with Gasteiger partial charge in [-0.05, 0) is 35.4 Å². The Morgan fingerprint density at radius 2 is 1.80 bits per heavy atom. The van der Waals surface area contributed by atoms with E-state index in [-0.39, 0.29) is 5.75 Å². The van der Waals surface area contributed by atoms with E-state index in [1.54, 1.807) is 18.3 Å². The first kappa shape index (κ1) is 15.6. The van der Waals surface area contributed by atoms with Crippen LogP contribution in [-0.2, 0) is 6.54 Å². The van der Waals surface area contributed by atoms with E-state index >= 15 is 0 Å². The van der Waals surface area contributed by atoms with Crippen LogP contribution >= 0.6 is 0 Å². The van der Waals surface area contributed by atoms with Crippen LogP contribution in [0.1, 0.15) is 0 Å². The molecule has 0 radical (unpaired) electrons. The minimum atomic E-state index is -4.69. The Hall–Kier alpha value is -2.96. The Bertz CT molecular complexity index is 901. The summed E-state index contributed by atoms with van der Waals surface area (Å²) in [6.45, 7) is 1.27. The van der Waals surface area contributed by atoms with E-state index in [0.29, 0.717) is 13.2 Å². The van der Waals surface area contributed by atoms with Crippen LogP contribution in [0.5, 0.6) is 11.5 Å². The second-order valence-corrected chi connectivity index (χ2v) is 5.58. The predicted octanol–water partition coefficient (Wildman–Crippen LogP) is 4.51. The number of nitrogens with zero attached hydrogens (tertiary/aromatic N) is 2. The molecule has 2 heterocycles. The number of imidazole rings is 1. The van der Waals surface area contributed by atoms with Gasteiger partial charge in [0.15, 0.2) is 0 Å². The van der Waals surface area contributed by atoms with Gasteiger partial charge in [-0.15, -0.1) is 13.2 Å². The third kappa shape index (κ3) is 3.17. The molecular formula is C18H13F3N2O2. The van der Waals surface area contributed by atoms with E-state index in [2.05, 4.69) is 9.72 Å². The second-order valence-electron chi connectivity index (χ2n) is 5.58. The molecule has 0 atom stereocenters. The number of fused-ring (bicyclic) bond motifs is 3. The standard InChI is InChI=1S/C18H13F3N2O2/c19-18(20,21)25-14-4-1-12(2-5-14)13-3-6-16-15(11-13)17-22-7-8-23(17)9-10-24-16/h1-8,11H,9-10H2. The lowest BCUT2D eigenvalue weighted by molar-refractivity contribution is -0.274. The van der Waals surface area contributed by atoms with Gasteiger partial charge in [0.25, 0.3) is 0 Å². The smallest absolute Gasteiger partial charge is 0.491 e. The topological polar surface area (TPSA) is 36.3 Å². The fourth-order valence-electron chi connectivity index (χ4n) is 2.85. The summed E-state index contributed by atoms with van der Waals surface area (Å²) < 4.78 is 48.4. The number of aromatic nitrogens is 2. The molecule has 0 unspecified atom stereocenters. The zero-order valence-corrected chi connectivity index (χ0v) is 13.0. The summed E-state index contributed by atoms with van der Waals surface area (Å²) in [4.78, 5) is 4.39. The highest BCUT2D eigenvalue weighted by molar-refractivity contribution is 5.75. The molecule has 0 saturated heterocycles. The van der Waals surface area contributed by atoms with Crippen molar-refractivity contribution in [3.05, 3.63) is 54.9 Å². The molecule has 0 aliphatic carbocycles. The minimum Gasteiger partial charge on any atom is -0.491 e. The van der Waals surface area contributed by atoms with E-state index in [1.807, 2.05) is 29.0 Å². The normalized spacial score (nSPS) is 13.4. The van der Waals surface area contributed by atoms with Crippen molar-refractivity contribution in [2.45, 2.75) is 12.9 Å². The van der Waals surface area contributed by atoms with E-state index in [4.69, 9.17) is 4.74 Å². The van der Waals surface area contributed by atoms with Gasteiger partial charge < -0.3 is 14.0 Å². The lowest BCUT2D eigenvalue weighted by Crippen LogP contribution is -2.16. The summed E-state index contributed by atoms with van der Waals surface area (Å²) in [5, 5.41) is 0. The van der Waals surface area contributed by atoms with Gasteiger partial charge in [0.1, 0.15) is 23.9 Å². The molecule has 3 aromatic rings. The van der Waals surface area contributed by atoms with Crippen LogP contribution in [0, 0.1) is 0 Å². The van der Waals surface area contributed by atoms with Crippen LogP contribution in [0.15, 0.2) is 54.9 Å². The molecule has 0 spiro atoms. The van der Waals surface area contributed by atoms with Crippen molar-refractivity contribution in [1.29, 1.82) is 0 Å². The van der Waals surface area contributed by atoms with Crippen LogP contribution in [0.2, 0.25) is 0 Å². The van der Waals surface area contributed by atoms with Gasteiger partial charge in [0.2, 0.25) is 0 Å². The molecule has 4 rings (SSSR count). The maximum Gasteiger partial charge on any atom is 0.573 e. The van der Waals surface area contributed by atoms with Gasteiger partial charge in [-0.3, -0.25) is 0 Å². The summed E-state index contributed by atoms with van der Waals surface area (Å²) in [5.74, 6) is 1.31. The van der Waals surface area contributed by atoms with Crippen molar-refractivity contribution in [3.8, 4) is 34.0 Å². The quantitative estimate of drug-likeness (QED) is 0.685. The Balaban J connectivity index is 1.69. The van der Waals surface area contributed by atoms with Crippen LogP contribution in [-0.4, -0.2) is 22.5 Å². The zero-order valence-electron chi connectivity index (χ0n) is 13.0. The van der Waals surface area contributed by atoms with Crippen LogP contribution < -0.4 is 9.47 Å². The Kier molecular flexibility index (Phi) is 3.63. The van der Waals surface area contributed by atoms with Crippen molar-refractivity contribution in [1.82, 2.24) is 9.55 Å². The molecule has 25 heavy (non-hydrogen) atoms. The summed E-state index contributed by atoms with van der Waals surface area (Å²) in [5.41, 5.74) is 2.49. The van der Waals surface area contributed by atoms with Crippen LogP contribution in [0.3, 0.4) is 0 Å². The molecule has 1 aliphatic heterocycles. The van der Waals surface area contributed by atoms with Crippen molar-refractivity contribution < 1.29 is 22.6 Å². The first-order valence-electron chi connectivity index (χ1n) is 7.64. The lowest BCUT2D eigenvalue weighted by Gasteiger charge is -2.11. The second kappa shape index (κ2) is 5.84. The first-order valence-corrected chi connectivity index (χ1v) is 7.64. The number of benzene rings is 2. The zero-order chi connectivity index (χ0) is 17.4. The molecule has 0 fully saturated rings. The number of rotatable bonds is 2. The average Bonchev–Trinajstić information content (AvgIpc) is 2.96. The number of alkyl halides is 3. The molecule has 2 aromatic carbocycles. The minimum absolute atomic E-state index is 0.245. The maximum absolute atomic E-state index is 12.3. The van der Waals surface area contributed by atoms with Gasteiger partial charge in [-0.1, -0.05) is 18.2 Å². The van der Waals surface area contributed by atoms with E-state index in [1.165, 1.54) is 12.1 Å². The Labute approximate surface area is 141 Å². The average molecular weight is 346 g/mol. The third-order valence-electron chi connectivity index (χ3n) is 3.95. The van der Waals surface area contributed by atoms with E-state index < -0.39 is 6.36 Å². The Morgan fingerprint density at radius 3 is 2.56 bits per heavy atom. The van der Waals surface area contributed by atoms with Crippen LogP contribution in [0.25, 0.3) is 22.5 Å². The fourth-order valence-corrected chi connectivity index (χ4v) is 2.85. The van der Waals surface area contributed by atoms with Crippen LogP contribution in [0.4, 0.5) is 13.2 Å². The number of ether oxygens (including phenoxy) is 2. The molecule has 128 valence electrons. The highest BCUT2D eigenvalue weighted by atomic mass is 19.4. The molecular weight excluding hydrogens is 333 g/mol. The number of hydrogen-bond donors (Lipinski definition) is 0. The molecule has 4 nitrogen and oxygen atoms in total. The van der Waals surface area contributed by atoms with Crippen molar-refractivity contribution in [2.24, 2.45) is 0 Å². The predicted molar refractivity (Wildman–Crippen MR) is 85.3 cm³/mol. The lowest BCUT2D eigenvalue weighted by atomic mass is 10.0. The van der Waals surface area contributed by atoms with Gasteiger partial charge in [-0.25, -0.2) is 4.98 Å². The van der Waals surface area contributed by atoms with Gasteiger partial charge in [0, 0.05) is 12.4 Å². The molecule has 1 aliphatic rings. The van der Waals surface area contributed by atoms with Crippen molar-refractivity contribution in [2.75, 3.05) is 6.61 Å². The Morgan fingerprint density at radius 1 is 1.04 bits per heavy atom.